The largest absolute Gasteiger partial charge is 0.456 e. The van der Waals surface area contributed by atoms with Crippen LogP contribution < -0.4 is 5.32 Å². The zero-order chi connectivity index (χ0) is 35.6. The lowest BCUT2D eigenvalue weighted by atomic mass is 9.89. The number of aliphatic imine (C=N–C) groups is 2. The lowest BCUT2D eigenvalue weighted by molar-refractivity contribution is 0.668. The maximum atomic E-state index is 6.51. The van der Waals surface area contributed by atoms with Gasteiger partial charge < -0.3 is 9.73 Å². The summed E-state index contributed by atoms with van der Waals surface area (Å²) in [5.74, 6) is 1.86. The summed E-state index contributed by atoms with van der Waals surface area (Å²) in [7, 11) is 0. The smallest absolute Gasteiger partial charge is 0.159 e. The number of benzene rings is 7. The number of furan rings is 1. The maximum absolute atomic E-state index is 6.51. The minimum absolute atomic E-state index is 0.304. The first-order chi connectivity index (χ1) is 26.7. The van der Waals surface area contributed by atoms with E-state index in [-0.39, 0.29) is 6.17 Å². The molecular formula is C49H33N3OS. The van der Waals surface area contributed by atoms with E-state index in [0.717, 1.165) is 61.4 Å². The van der Waals surface area contributed by atoms with Crippen molar-refractivity contribution in [2.45, 2.75) is 22.2 Å². The molecule has 0 saturated carbocycles. The van der Waals surface area contributed by atoms with Crippen molar-refractivity contribution in [1.82, 2.24) is 5.32 Å². The van der Waals surface area contributed by atoms with Gasteiger partial charge in [0.15, 0.2) is 5.84 Å². The predicted molar refractivity (Wildman–Crippen MR) is 224 cm³/mol. The molecule has 54 heavy (non-hydrogen) atoms. The number of rotatable bonds is 5. The predicted octanol–water partition coefficient (Wildman–Crippen LogP) is 12.3. The summed E-state index contributed by atoms with van der Waals surface area (Å²) in [5, 5.41) is 8.55. The highest BCUT2D eigenvalue weighted by molar-refractivity contribution is 8.00. The number of amidine groups is 2. The van der Waals surface area contributed by atoms with E-state index in [0.29, 0.717) is 11.2 Å². The second-order valence-electron chi connectivity index (χ2n) is 14.1. The molecule has 11 rings (SSSR count). The average molecular weight is 712 g/mol. The Morgan fingerprint density at radius 2 is 1.39 bits per heavy atom. The van der Waals surface area contributed by atoms with E-state index in [2.05, 4.69) is 181 Å². The number of hydrogen-bond donors (Lipinski definition) is 1. The molecule has 0 saturated heterocycles. The minimum atomic E-state index is -0.331. The van der Waals surface area contributed by atoms with Crippen LogP contribution >= 0.6 is 11.8 Å². The van der Waals surface area contributed by atoms with Crippen molar-refractivity contribution in [3.8, 4) is 22.3 Å². The first-order valence-corrected chi connectivity index (χ1v) is 19.3. The first kappa shape index (κ1) is 31.1. The van der Waals surface area contributed by atoms with Gasteiger partial charge in [-0.25, -0.2) is 9.98 Å². The van der Waals surface area contributed by atoms with E-state index in [4.69, 9.17) is 14.4 Å². The number of nitrogens with zero attached hydrogens (tertiary/aromatic N) is 2. The minimum Gasteiger partial charge on any atom is -0.456 e. The van der Waals surface area contributed by atoms with Crippen molar-refractivity contribution in [3.05, 3.63) is 198 Å². The van der Waals surface area contributed by atoms with Gasteiger partial charge in [0.05, 0.1) is 0 Å². The number of fused-ring (bicyclic) bond motifs is 7. The molecule has 3 heterocycles. The molecule has 0 bridgehead atoms. The molecule has 4 nitrogen and oxygen atoms in total. The Bertz CT molecular complexity index is 2920. The van der Waals surface area contributed by atoms with Gasteiger partial charge >= 0.3 is 0 Å². The molecule has 3 atom stereocenters. The Kier molecular flexibility index (Phi) is 7.27. The average Bonchev–Trinajstić information content (AvgIpc) is 3.81. The van der Waals surface area contributed by atoms with Crippen LogP contribution in [0.5, 0.6) is 0 Å². The van der Waals surface area contributed by atoms with E-state index in [1.165, 1.54) is 32.4 Å². The van der Waals surface area contributed by atoms with Gasteiger partial charge in [0.25, 0.3) is 0 Å². The summed E-state index contributed by atoms with van der Waals surface area (Å²) in [6.07, 6.45) is 6.59. The molecule has 2 aliphatic heterocycles. The molecule has 256 valence electrons. The lowest BCUT2D eigenvalue weighted by Gasteiger charge is -2.26. The standard InChI is InChI=1S/C49H33N3OS/c1-2-10-30(11-3-1)33-14-8-15-34(26-33)35-23-25-42-41(28-35)46-40(17-9-18-43(46)53-42)49-51-47(36-21-20-31-12-4-5-13-32(31)27-36)50-48(52-49)37-22-24-39-38-16-6-7-19-44(38)54-45(39)29-37/h1-29,39,45,47H,(H,50,51,52). The molecule has 0 spiro atoms. The van der Waals surface area contributed by atoms with E-state index >= 15 is 0 Å². The normalized spacial score (nSPS) is 18.9. The number of thioether (sulfide) groups is 1. The highest BCUT2D eigenvalue weighted by Gasteiger charge is 2.33. The fraction of sp³-hybridized carbons (Fsp3) is 0.0612. The molecule has 7 aromatic carbocycles. The van der Waals surface area contributed by atoms with Gasteiger partial charge in [0, 0.05) is 38.0 Å². The Morgan fingerprint density at radius 3 is 2.31 bits per heavy atom. The van der Waals surface area contributed by atoms with E-state index < -0.39 is 0 Å². The van der Waals surface area contributed by atoms with E-state index in [9.17, 15) is 0 Å². The van der Waals surface area contributed by atoms with Crippen LogP contribution in [0.25, 0.3) is 55.0 Å². The van der Waals surface area contributed by atoms with Crippen molar-refractivity contribution in [2.75, 3.05) is 0 Å². The summed E-state index contributed by atoms with van der Waals surface area (Å²) in [6, 6.07) is 55.9. The summed E-state index contributed by atoms with van der Waals surface area (Å²) in [4.78, 5) is 12.0. The van der Waals surface area contributed by atoms with Crippen molar-refractivity contribution < 1.29 is 4.42 Å². The molecule has 3 aliphatic rings. The zero-order valence-electron chi connectivity index (χ0n) is 29.2. The van der Waals surface area contributed by atoms with E-state index in [1.807, 2.05) is 11.8 Å². The quantitative estimate of drug-likeness (QED) is 0.193. The Labute approximate surface area is 317 Å². The van der Waals surface area contributed by atoms with Crippen LogP contribution in [0.15, 0.2) is 201 Å². The third kappa shape index (κ3) is 5.31. The fourth-order valence-corrected chi connectivity index (χ4v) is 9.57. The highest BCUT2D eigenvalue weighted by atomic mass is 32.2. The van der Waals surface area contributed by atoms with Crippen molar-refractivity contribution in [3.63, 3.8) is 0 Å². The lowest BCUT2D eigenvalue weighted by Crippen LogP contribution is -2.34. The molecule has 8 aromatic rings. The van der Waals surface area contributed by atoms with Crippen LogP contribution in [0.4, 0.5) is 0 Å². The summed E-state index contributed by atoms with van der Waals surface area (Å²) in [6.45, 7) is 0. The van der Waals surface area contributed by atoms with Crippen LogP contribution in [-0.2, 0) is 0 Å². The fourth-order valence-electron chi connectivity index (χ4n) is 8.18. The zero-order valence-corrected chi connectivity index (χ0v) is 30.0. The Morgan fingerprint density at radius 1 is 0.611 bits per heavy atom. The Hall–Kier alpha value is -6.43. The van der Waals surface area contributed by atoms with Gasteiger partial charge in [-0.3, -0.25) is 0 Å². The monoisotopic (exact) mass is 711 g/mol. The van der Waals surface area contributed by atoms with Gasteiger partial charge in [-0.1, -0.05) is 140 Å². The third-order valence-electron chi connectivity index (χ3n) is 10.9. The van der Waals surface area contributed by atoms with Gasteiger partial charge in [0.2, 0.25) is 0 Å². The molecule has 1 aromatic heterocycles. The summed E-state index contributed by atoms with van der Waals surface area (Å²) >= 11 is 1.93. The van der Waals surface area contributed by atoms with Crippen LogP contribution in [-0.4, -0.2) is 16.9 Å². The molecule has 0 fully saturated rings. The van der Waals surface area contributed by atoms with Gasteiger partial charge in [-0.15, -0.1) is 11.8 Å². The number of allylic oxidation sites excluding steroid dienone is 1. The number of hydrogen-bond acceptors (Lipinski definition) is 5. The van der Waals surface area contributed by atoms with Crippen LogP contribution in [0, 0.1) is 0 Å². The molecule has 5 heteroatoms. The van der Waals surface area contributed by atoms with Crippen LogP contribution in [0.1, 0.15) is 28.8 Å². The first-order valence-electron chi connectivity index (χ1n) is 18.4. The second-order valence-corrected chi connectivity index (χ2v) is 15.4. The summed E-state index contributed by atoms with van der Waals surface area (Å²) in [5.41, 5.74) is 10.9. The molecule has 0 radical (unpaired) electrons. The molecule has 1 N–H and O–H groups in total. The Balaban J connectivity index is 1.04. The summed E-state index contributed by atoms with van der Waals surface area (Å²) < 4.78 is 6.51. The van der Waals surface area contributed by atoms with Crippen molar-refractivity contribution in [1.29, 1.82) is 0 Å². The second kappa shape index (κ2) is 12.6. The van der Waals surface area contributed by atoms with E-state index in [1.54, 1.807) is 0 Å². The SMILES string of the molecule is C1=CC2c3ccccc3SC2C=C1C1=NC(c2ccc3ccccc3c2)NC(c2cccc3oc4ccc(-c5cccc(-c6ccccc6)c5)cc4c23)=N1. The molecule has 0 amide bonds. The van der Waals surface area contributed by atoms with Crippen molar-refractivity contribution in [2.24, 2.45) is 9.98 Å². The van der Waals surface area contributed by atoms with Crippen LogP contribution in [0.3, 0.4) is 0 Å². The number of nitrogens with one attached hydrogen (secondary N) is 1. The third-order valence-corrected chi connectivity index (χ3v) is 12.2. The van der Waals surface area contributed by atoms with Crippen molar-refractivity contribution >= 4 is 56.1 Å². The molecule has 3 unspecified atom stereocenters. The highest BCUT2D eigenvalue weighted by Crippen LogP contribution is 2.49. The van der Waals surface area contributed by atoms with Gasteiger partial charge in [-0.2, -0.15) is 0 Å². The molecular weight excluding hydrogens is 679 g/mol. The van der Waals surface area contributed by atoms with Crippen LogP contribution in [0.2, 0.25) is 0 Å². The van der Waals surface area contributed by atoms with Gasteiger partial charge in [0.1, 0.15) is 23.2 Å². The topological polar surface area (TPSA) is 49.9 Å². The van der Waals surface area contributed by atoms with Gasteiger partial charge in [-0.05, 0) is 80.6 Å². The molecule has 1 aliphatic carbocycles. The maximum Gasteiger partial charge on any atom is 0.159 e.